The number of nitrogens with one attached hydrogen (secondary N) is 2. The molecule has 0 aromatic carbocycles. The van der Waals surface area contributed by atoms with Crippen LogP contribution in [0.15, 0.2) is 12.1 Å². The Bertz CT molecular complexity index is 500. The Balaban J connectivity index is 2.76. The van der Waals surface area contributed by atoms with Crippen LogP contribution < -0.4 is 16.4 Å². The maximum atomic E-state index is 12.1. The summed E-state index contributed by atoms with van der Waals surface area (Å²) in [6.07, 6.45) is 0.689. The Labute approximate surface area is 119 Å². The zero-order valence-corrected chi connectivity index (χ0v) is 12.4. The van der Waals surface area contributed by atoms with E-state index in [1.54, 1.807) is 13.0 Å². The molecule has 1 rings (SSSR count). The summed E-state index contributed by atoms with van der Waals surface area (Å²) in [5, 5.41) is 5.39. The molecular formula is C14H22N4O2. The van der Waals surface area contributed by atoms with Crippen molar-refractivity contribution in [3.63, 3.8) is 0 Å². The van der Waals surface area contributed by atoms with Crippen molar-refractivity contribution in [3.8, 4) is 0 Å². The monoisotopic (exact) mass is 278 g/mol. The third kappa shape index (κ3) is 4.53. The number of amides is 2. The third-order valence-corrected chi connectivity index (χ3v) is 2.69. The highest BCUT2D eigenvalue weighted by atomic mass is 16.2. The Morgan fingerprint density at radius 1 is 1.25 bits per heavy atom. The van der Waals surface area contributed by atoms with Crippen LogP contribution in [0, 0.1) is 0 Å². The van der Waals surface area contributed by atoms with Crippen LogP contribution in [0.5, 0.6) is 0 Å². The molecule has 4 N–H and O–H groups in total. The zero-order valence-electron chi connectivity index (χ0n) is 12.4. The maximum absolute atomic E-state index is 12.1. The highest BCUT2D eigenvalue weighted by Crippen LogP contribution is 2.08. The van der Waals surface area contributed by atoms with Crippen molar-refractivity contribution in [2.45, 2.75) is 46.2 Å². The lowest BCUT2D eigenvalue weighted by atomic mass is 10.1. The van der Waals surface area contributed by atoms with Gasteiger partial charge in [0.1, 0.15) is 11.9 Å². The number of hydrogen-bond donors (Lipinski definition) is 3. The average molecular weight is 278 g/mol. The number of nitrogen functional groups attached to an aromatic ring is 1. The molecule has 1 aromatic rings. The molecule has 0 radical (unpaired) electrons. The molecule has 1 atom stereocenters. The standard InChI is InChI=1S/C14H22N4O2/c1-5-11-6-10(7-12(15)18-11)14(20)17-9(4)13(19)16-8(2)3/h6-9H,5H2,1-4H3,(H2,15,18)(H,16,19)(H,17,20). The minimum absolute atomic E-state index is 0.0325. The van der Waals surface area contributed by atoms with Crippen LogP contribution in [0.2, 0.25) is 0 Å². The van der Waals surface area contributed by atoms with Crippen LogP contribution in [-0.2, 0) is 11.2 Å². The fourth-order valence-corrected chi connectivity index (χ4v) is 1.68. The molecule has 0 bridgehead atoms. The molecule has 20 heavy (non-hydrogen) atoms. The summed E-state index contributed by atoms with van der Waals surface area (Å²) in [5.74, 6) is -0.250. The predicted octanol–water partition coefficient (Wildman–Crippen LogP) is 0.869. The number of nitrogens with two attached hydrogens (primary N) is 1. The van der Waals surface area contributed by atoms with Crippen LogP contribution >= 0.6 is 0 Å². The lowest BCUT2D eigenvalue weighted by Gasteiger charge is -2.16. The van der Waals surface area contributed by atoms with Gasteiger partial charge in [0.2, 0.25) is 5.91 Å². The summed E-state index contributed by atoms with van der Waals surface area (Å²) < 4.78 is 0. The Kier molecular flexibility index (Phi) is 5.49. The minimum atomic E-state index is -0.607. The summed E-state index contributed by atoms with van der Waals surface area (Å²) in [5.41, 5.74) is 6.82. The number of carbonyl (C=O) groups is 2. The van der Waals surface area contributed by atoms with Crippen LogP contribution in [0.4, 0.5) is 5.82 Å². The fraction of sp³-hybridized carbons (Fsp3) is 0.500. The maximum Gasteiger partial charge on any atom is 0.252 e. The number of rotatable bonds is 5. The Morgan fingerprint density at radius 3 is 2.45 bits per heavy atom. The highest BCUT2D eigenvalue weighted by Gasteiger charge is 2.17. The molecule has 0 fully saturated rings. The van der Waals surface area contributed by atoms with Crippen molar-refractivity contribution in [3.05, 3.63) is 23.4 Å². The molecule has 0 saturated carbocycles. The molecular weight excluding hydrogens is 256 g/mol. The van der Waals surface area contributed by atoms with E-state index in [4.69, 9.17) is 5.73 Å². The zero-order chi connectivity index (χ0) is 15.3. The van der Waals surface area contributed by atoms with Gasteiger partial charge in [-0.25, -0.2) is 4.98 Å². The lowest BCUT2D eigenvalue weighted by Crippen LogP contribution is -2.46. The van der Waals surface area contributed by atoms with Crippen molar-refractivity contribution in [2.24, 2.45) is 0 Å². The number of hydrogen-bond acceptors (Lipinski definition) is 4. The van der Waals surface area contributed by atoms with Gasteiger partial charge in [0.25, 0.3) is 5.91 Å². The number of carbonyl (C=O) groups excluding carboxylic acids is 2. The van der Waals surface area contributed by atoms with Gasteiger partial charge in [-0.2, -0.15) is 0 Å². The normalized spacial score (nSPS) is 12.1. The van der Waals surface area contributed by atoms with Gasteiger partial charge in [-0.3, -0.25) is 9.59 Å². The van der Waals surface area contributed by atoms with Gasteiger partial charge in [-0.1, -0.05) is 6.92 Å². The van der Waals surface area contributed by atoms with Gasteiger partial charge >= 0.3 is 0 Å². The largest absolute Gasteiger partial charge is 0.384 e. The van der Waals surface area contributed by atoms with E-state index in [-0.39, 0.29) is 17.9 Å². The highest BCUT2D eigenvalue weighted by molar-refractivity contribution is 5.98. The molecule has 0 aliphatic carbocycles. The summed E-state index contributed by atoms with van der Waals surface area (Å²) in [6.45, 7) is 7.30. The van der Waals surface area contributed by atoms with Crippen molar-refractivity contribution < 1.29 is 9.59 Å². The summed E-state index contributed by atoms with van der Waals surface area (Å²) in [4.78, 5) is 27.9. The first kappa shape index (κ1) is 15.9. The Hall–Kier alpha value is -2.11. The molecule has 0 saturated heterocycles. The van der Waals surface area contributed by atoms with E-state index in [2.05, 4.69) is 15.6 Å². The Morgan fingerprint density at radius 2 is 1.90 bits per heavy atom. The molecule has 6 heteroatoms. The quantitative estimate of drug-likeness (QED) is 0.744. The van der Waals surface area contributed by atoms with Gasteiger partial charge in [-0.05, 0) is 39.3 Å². The molecule has 1 unspecified atom stereocenters. The van der Waals surface area contributed by atoms with Crippen molar-refractivity contribution in [1.82, 2.24) is 15.6 Å². The van der Waals surface area contributed by atoms with Gasteiger partial charge in [-0.15, -0.1) is 0 Å². The molecule has 0 aliphatic heterocycles. The van der Waals surface area contributed by atoms with E-state index in [1.807, 2.05) is 20.8 Å². The smallest absolute Gasteiger partial charge is 0.252 e. The molecule has 0 aliphatic rings. The second-order valence-electron chi connectivity index (χ2n) is 4.98. The summed E-state index contributed by atoms with van der Waals surface area (Å²) >= 11 is 0. The topological polar surface area (TPSA) is 97.1 Å². The van der Waals surface area contributed by atoms with Gasteiger partial charge in [0.05, 0.1) is 0 Å². The van der Waals surface area contributed by atoms with Gasteiger partial charge < -0.3 is 16.4 Å². The number of pyridine rings is 1. The number of anilines is 1. The van der Waals surface area contributed by atoms with Gasteiger partial charge in [0.15, 0.2) is 0 Å². The second-order valence-corrected chi connectivity index (χ2v) is 4.98. The van der Waals surface area contributed by atoms with Gasteiger partial charge in [0, 0.05) is 17.3 Å². The predicted molar refractivity (Wildman–Crippen MR) is 78.2 cm³/mol. The average Bonchev–Trinajstić information content (AvgIpc) is 2.36. The van der Waals surface area contributed by atoms with Crippen LogP contribution in [0.3, 0.4) is 0 Å². The van der Waals surface area contributed by atoms with Crippen LogP contribution in [0.25, 0.3) is 0 Å². The molecule has 0 spiro atoms. The van der Waals surface area contributed by atoms with Crippen molar-refractivity contribution >= 4 is 17.6 Å². The van der Waals surface area contributed by atoms with E-state index in [0.29, 0.717) is 17.8 Å². The van der Waals surface area contributed by atoms with Crippen LogP contribution in [-0.4, -0.2) is 28.9 Å². The van der Waals surface area contributed by atoms with Crippen LogP contribution in [0.1, 0.15) is 43.7 Å². The van der Waals surface area contributed by atoms with E-state index in [0.717, 1.165) is 5.69 Å². The number of aryl methyl sites for hydroxylation is 1. The van der Waals surface area contributed by atoms with E-state index in [1.165, 1.54) is 6.07 Å². The summed E-state index contributed by atoms with van der Waals surface area (Å²) in [7, 11) is 0. The fourth-order valence-electron chi connectivity index (χ4n) is 1.68. The number of nitrogens with zero attached hydrogens (tertiary/aromatic N) is 1. The lowest BCUT2D eigenvalue weighted by molar-refractivity contribution is -0.123. The minimum Gasteiger partial charge on any atom is -0.384 e. The third-order valence-electron chi connectivity index (χ3n) is 2.69. The SMILES string of the molecule is CCc1cc(C(=O)NC(C)C(=O)NC(C)C)cc(N)n1. The molecule has 1 heterocycles. The van der Waals surface area contributed by atoms with E-state index < -0.39 is 6.04 Å². The number of aromatic nitrogens is 1. The first-order valence-corrected chi connectivity index (χ1v) is 6.71. The molecule has 6 nitrogen and oxygen atoms in total. The first-order chi connectivity index (χ1) is 9.33. The first-order valence-electron chi connectivity index (χ1n) is 6.71. The van der Waals surface area contributed by atoms with E-state index >= 15 is 0 Å². The van der Waals surface area contributed by atoms with Crippen molar-refractivity contribution in [1.29, 1.82) is 0 Å². The second kappa shape index (κ2) is 6.88. The molecule has 110 valence electrons. The van der Waals surface area contributed by atoms with E-state index in [9.17, 15) is 9.59 Å². The molecule has 1 aromatic heterocycles. The summed E-state index contributed by atoms with van der Waals surface area (Å²) in [6, 6.07) is 2.61. The molecule has 2 amide bonds. The van der Waals surface area contributed by atoms with Crippen molar-refractivity contribution in [2.75, 3.05) is 5.73 Å².